The van der Waals surface area contributed by atoms with Gasteiger partial charge in [0.05, 0.1) is 5.75 Å². The second-order valence-corrected chi connectivity index (χ2v) is 2.67. The van der Waals surface area contributed by atoms with Crippen molar-refractivity contribution >= 4 is 18.9 Å². The van der Waals surface area contributed by atoms with Gasteiger partial charge in [-0.1, -0.05) is 11.8 Å². The van der Waals surface area contributed by atoms with Crippen molar-refractivity contribution in [3.8, 4) is 11.8 Å². The van der Waals surface area contributed by atoms with Gasteiger partial charge in [0, 0.05) is 11.1 Å². The van der Waals surface area contributed by atoms with E-state index in [0.29, 0.717) is 23.2 Å². The van der Waals surface area contributed by atoms with Gasteiger partial charge in [0.2, 0.25) is 0 Å². The number of hydrogen-bond donors (Lipinski definition) is 1. The van der Waals surface area contributed by atoms with E-state index in [4.69, 9.17) is 0 Å². The highest BCUT2D eigenvalue weighted by Gasteiger charge is 1.96. The molecule has 0 heterocycles. The van der Waals surface area contributed by atoms with Crippen LogP contribution in [0.1, 0.15) is 15.9 Å². The first-order chi connectivity index (χ1) is 6.26. The summed E-state index contributed by atoms with van der Waals surface area (Å²) in [6, 6.07) is 3.98. The Balaban J connectivity index is 3.08. The highest BCUT2D eigenvalue weighted by molar-refractivity contribution is 7.80. The standard InChI is InChI=1S/C10H7FOS/c11-10-5-8(2-1-3-13)4-9(6-10)7-12/h4-7,13H,3H2. The molecule has 0 amide bonds. The van der Waals surface area contributed by atoms with Crippen LogP contribution in [0.2, 0.25) is 0 Å². The van der Waals surface area contributed by atoms with Crippen LogP contribution in [0.25, 0.3) is 0 Å². The van der Waals surface area contributed by atoms with Crippen molar-refractivity contribution in [3.05, 3.63) is 35.1 Å². The molecule has 3 heteroatoms. The second kappa shape index (κ2) is 4.68. The Labute approximate surface area is 81.4 Å². The van der Waals surface area contributed by atoms with Crippen molar-refractivity contribution < 1.29 is 9.18 Å². The Bertz CT molecular complexity index is 376. The number of carbonyl (C=O) groups is 1. The van der Waals surface area contributed by atoms with E-state index >= 15 is 0 Å². The summed E-state index contributed by atoms with van der Waals surface area (Å²) in [4.78, 5) is 10.4. The van der Waals surface area contributed by atoms with Crippen molar-refractivity contribution in [1.29, 1.82) is 0 Å². The SMILES string of the molecule is O=Cc1cc(F)cc(C#CCS)c1. The topological polar surface area (TPSA) is 17.1 Å². The summed E-state index contributed by atoms with van der Waals surface area (Å²) < 4.78 is 12.8. The molecular formula is C10H7FOS. The molecule has 1 aromatic rings. The summed E-state index contributed by atoms with van der Waals surface area (Å²) in [7, 11) is 0. The van der Waals surface area contributed by atoms with Gasteiger partial charge in [-0.3, -0.25) is 4.79 Å². The van der Waals surface area contributed by atoms with Gasteiger partial charge in [0.25, 0.3) is 0 Å². The third-order valence-corrected chi connectivity index (χ3v) is 1.53. The zero-order chi connectivity index (χ0) is 9.68. The summed E-state index contributed by atoms with van der Waals surface area (Å²) >= 11 is 3.89. The smallest absolute Gasteiger partial charge is 0.150 e. The van der Waals surface area contributed by atoms with E-state index < -0.39 is 5.82 Å². The van der Waals surface area contributed by atoms with Crippen LogP contribution in [0.3, 0.4) is 0 Å². The highest BCUT2D eigenvalue weighted by Crippen LogP contribution is 2.06. The lowest BCUT2D eigenvalue weighted by Crippen LogP contribution is -1.85. The molecule has 66 valence electrons. The minimum Gasteiger partial charge on any atom is -0.298 e. The van der Waals surface area contributed by atoms with Gasteiger partial charge < -0.3 is 0 Å². The molecular weight excluding hydrogens is 187 g/mol. The highest BCUT2D eigenvalue weighted by atomic mass is 32.1. The van der Waals surface area contributed by atoms with Crippen LogP contribution in [0.15, 0.2) is 18.2 Å². The predicted octanol–water partition coefficient (Wildman–Crippen LogP) is 1.92. The first-order valence-corrected chi connectivity index (χ1v) is 4.25. The fourth-order valence-corrected chi connectivity index (χ4v) is 0.973. The second-order valence-electron chi connectivity index (χ2n) is 2.35. The minimum atomic E-state index is -0.451. The van der Waals surface area contributed by atoms with Gasteiger partial charge in [0.1, 0.15) is 12.1 Å². The summed E-state index contributed by atoms with van der Waals surface area (Å²) in [6.07, 6.45) is 0.592. The van der Waals surface area contributed by atoms with Crippen LogP contribution < -0.4 is 0 Å². The Hall–Kier alpha value is -1.27. The van der Waals surface area contributed by atoms with Crippen molar-refractivity contribution in [2.75, 3.05) is 5.75 Å². The Morgan fingerprint density at radius 2 is 2.23 bits per heavy atom. The predicted molar refractivity (Wildman–Crippen MR) is 52.5 cm³/mol. The van der Waals surface area contributed by atoms with Crippen LogP contribution in [0, 0.1) is 17.7 Å². The lowest BCUT2D eigenvalue weighted by Gasteiger charge is -1.93. The van der Waals surface area contributed by atoms with E-state index in [1.807, 2.05) is 0 Å². The maximum absolute atomic E-state index is 12.8. The van der Waals surface area contributed by atoms with Crippen molar-refractivity contribution in [2.45, 2.75) is 0 Å². The summed E-state index contributed by atoms with van der Waals surface area (Å²) in [5, 5.41) is 0. The number of thiol groups is 1. The molecule has 0 fully saturated rings. The normalized spacial score (nSPS) is 8.77. The van der Waals surface area contributed by atoms with Gasteiger partial charge in [-0.2, -0.15) is 12.6 Å². The Kier molecular flexibility index (Phi) is 3.53. The van der Waals surface area contributed by atoms with Crippen molar-refractivity contribution in [1.82, 2.24) is 0 Å². The number of carbonyl (C=O) groups excluding carboxylic acids is 1. The van der Waals surface area contributed by atoms with Gasteiger partial charge in [-0.05, 0) is 18.2 Å². The molecule has 0 aromatic heterocycles. The van der Waals surface area contributed by atoms with Crippen LogP contribution >= 0.6 is 12.6 Å². The molecule has 0 radical (unpaired) electrons. The molecule has 0 spiro atoms. The van der Waals surface area contributed by atoms with E-state index in [1.165, 1.54) is 18.2 Å². The van der Waals surface area contributed by atoms with Crippen LogP contribution in [-0.2, 0) is 0 Å². The summed E-state index contributed by atoms with van der Waals surface area (Å²) in [6.45, 7) is 0. The quantitative estimate of drug-likeness (QED) is 0.410. The van der Waals surface area contributed by atoms with E-state index in [2.05, 4.69) is 24.5 Å². The molecule has 0 aliphatic heterocycles. The van der Waals surface area contributed by atoms with Crippen molar-refractivity contribution in [3.63, 3.8) is 0 Å². The maximum Gasteiger partial charge on any atom is 0.150 e. The minimum absolute atomic E-state index is 0.295. The monoisotopic (exact) mass is 194 g/mol. The Morgan fingerprint density at radius 1 is 1.46 bits per heavy atom. The number of hydrogen-bond acceptors (Lipinski definition) is 2. The fraction of sp³-hybridized carbons (Fsp3) is 0.100. The number of halogens is 1. The van der Waals surface area contributed by atoms with E-state index in [1.54, 1.807) is 0 Å². The largest absolute Gasteiger partial charge is 0.298 e. The molecule has 0 N–H and O–H groups in total. The molecule has 0 aliphatic rings. The third kappa shape index (κ3) is 2.92. The lowest BCUT2D eigenvalue weighted by molar-refractivity contribution is 0.112. The number of benzene rings is 1. The molecule has 1 aromatic carbocycles. The van der Waals surface area contributed by atoms with Crippen molar-refractivity contribution in [2.24, 2.45) is 0 Å². The van der Waals surface area contributed by atoms with Gasteiger partial charge >= 0.3 is 0 Å². The van der Waals surface area contributed by atoms with E-state index in [9.17, 15) is 9.18 Å². The summed E-state index contributed by atoms with van der Waals surface area (Å²) in [5.41, 5.74) is 0.791. The van der Waals surface area contributed by atoms with Crippen LogP contribution in [-0.4, -0.2) is 12.0 Å². The molecule has 0 bridgehead atoms. The molecule has 1 rings (SSSR count). The number of rotatable bonds is 1. The average molecular weight is 194 g/mol. The first-order valence-electron chi connectivity index (χ1n) is 3.62. The van der Waals surface area contributed by atoms with Gasteiger partial charge in [0.15, 0.2) is 0 Å². The Morgan fingerprint density at radius 3 is 2.85 bits per heavy atom. The van der Waals surface area contributed by atoms with E-state index in [-0.39, 0.29) is 0 Å². The molecule has 1 nitrogen and oxygen atoms in total. The van der Waals surface area contributed by atoms with E-state index in [0.717, 1.165) is 0 Å². The van der Waals surface area contributed by atoms with Gasteiger partial charge in [-0.25, -0.2) is 4.39 Å². The van der Waals surface area contributed by atoms with Gasteiger partial charge in [-0.15, -0.1) is 0 Å². The zero-order valence-electron chi connectivity index (χ0n) is 6.75. The van der Waals surface area contributed by atoms with Crippen LogP contribution in [0.4, 0.5) is 4.39 Å². The average Bonchev–Trinajstić information content (AvgIpc) is 2.14. The maximum atomic E-state index is 12.8. The molecule has 0 unspecified atom stereocenters. The summed E-state index contributed by atoms with van der Waals surface area (Å²) in [5.74, 6) is 5.32. The molecule has 0 atom stereocenters. The fourth-order valence-electron chi connectivity index (χ4n) is 0.894. The molecule has 0 aliphatic carbocycles. The molecule has 13 heavy (non-hydrogen) atoms. The van der Waals surface area contributed by atoms with Crippen LogP contribution in [0.5, 0.6) is 0 Å². The number of aldehydes is 1. The lowest BCUT2D eigenvalue weighted by atomic mass is 10.1. The zero-order valence-corrected chi connectivity index (χ0v) is 7.64. The third-order valence-electron chi connectivity index (χ3n) is 1.37. The molecule has 0 saturated heterocycles. The first kappa shape index (κ1) is 9.82. The molecule has 0 saturated carbocycles.